The van der Waals surface area contributed by atoms with Crippen molar-refractivity contribution in [2.75, 3.05) is 19.1 Å². The number of tetrazole rings is 1. The standard InChI is InChI=1S/C14H19N5O3S/c1-22-11-5-3-10(4-6-11)9-12(15-14(20)21)13-16-18-19(17-13)7-8-23-2/h3-6,12,15H,7-9H2,1-2H3,(H,20,21). The molecule has 9 heteroatoms. The van der Waals surface area contributed by atoms with E-state index in [-0.39, 0.29) is 0 Å². The fourth-order valence-corrected chi connectivity index (χ4v) is 2.36. The van der Waals surface area contributed by atoms with Gasteiger partial charge in [0.2, 0.25) is 0 Å². The molecule has 2 rings (SSSR count). The summed E-state index contributed by atoms with van der Waals surface area (Å²) in [7, 11) is 1.60. The molecule has 1 unspecified atom stereocenters. The predicted octanol–water partition coefficient (Wildman–Crippen LogP) is 1.60. The van der Waals surface area contributed by atoms with E-state index < -0.39 is 12.1 Å². The van der Waals surface area contributed by atoms with E-state index in [2.05, 4.69) is 20.7 Å². The summed E-state index contributed by atoms with van der Waals surface area (Å²) >= 11 is 1.68. The number of carbonyl (C=O) groups is 1. The van der Waals surface area contributed by atoms with Gasteiger partial charge < -0.3 is 15.2 Å². The monoisotopic (exact) mass is 337 g/mol. The Morgan fingerprint density at radius 3 is 2.78 bits per heavy atom. The minimum absolute atomic E-state index is 0.365. The first-order valence-corrected chi connectivity index (χ1v) is 8.40. The van der Waals surface area contributed by atoms with Crippen LogP contribution in [0.5, 0.6) is 5.75 Å². The molecule has 8 nitrogen and oxygen atoms in total. The Labute approximate surface area is 138 Å². The highest BCUT2D eigenvalue weighted by Gasteiger charge is 2.20. The first-order chi connectivity index (χ1) is 11.1. The molecular weight excluding hydrogens is 318 g/mol. The van der Waals surface area contributed by atoms with Crippen molar-refractivity contribution in [2.24, 2.45) is 0 Å². The number of nitrogens with one attached hydrogen (secondary N) is 1. The molecule has 0 aliphatic carbocycles. The highest BCUT2D eigenvalue weighted by atomic mass is 32.2. The third kappa shape index (κ3) is 5.13. The highest BCUT2D eigenvalue weighted by molar-refractivity contribution is 7.98. The maximum absolute atomic E-state index is 11.0. The molecule has 0 aliphatic heterocycles. The van der Waals surface area contributed by atoms with Gasteiger partial charge in [-0.3, -0.25) is 0 Å². The lowest BCUT2D eigenvalue weighted by atomic mass is 10.1. The zero-order chi connectivity index (χ0) is 16.7. The van der Waals surface area contributed by atoms with E-state index in [9.17, 15) is 4.79 Å². The van der Waals surface area contributed by atoms with Gasteiger partial charge in [-0.2, -0.15) is 16.6 Å². The number of ether oxygens (including phenoxy) is 1. The molecule has 1 amide bonds. The Bertz CT molecular complexity index is 632. The van der Waals surface area contributed by atoms with Crippen molar-refractivity contribution in [1.82, 2.24) is 25.5 Å². The Balaban J connectivity index is 2.12. The van der Waals surface area contributed by atoms with Gasteiger partial charge in [0.25, 0.3) is 0 Å². The zero-order valence-corrected chi connectivity index (χ0v) is 13.8. The number of rotatable bonds is 8. The van der Waals surface area contributed by atoms with Crippen LogP contribution in [0.3, 0.4) is 0 Å². The fraction of sp³-hybridized carbons (Fsp3) is 0.429. The van der Waals surface area contributed by atoms with Crippen LogP contribution in [-0.4, -0.2) is 50.5 Å². The third-order valence-corrected chi connectivity index (χ3v) is 3.76. The molecule has 0 fully saturated rings. The summed E-state index contributed by atoms with van der Waals surface area (Å²) in [6.07, 6.45) is 1.31. The average Bonchev–Trinajstić information content (AvgIpc) is 3.01. The smallest absolute Gasteiger partial charge is 0.405 e. The topological polar surface area (TPSA) is 102 Å². The SMILES string of the molecule is COc1ccc(CC(NC(=O)O)c2nnn(CCSC)n2)cc1. The summed E-state index contributed by atoms with van der Waals surface area (Å²) in [5.74, 6) is 1.98. The Kier molecular flexibility index (Phi) is 6.21. The first kappa shape index (κ1) is 17.1. The summed E-state index contributed by atoms with van der Waals surface area (Å²) < 4.78 is 5.11. The van der Waals surface area contributed by atoms with Crippen LogP contribution in [0.1, 0.15) is 17.4 Å². The second-order valence-corrected chi connectivity index (χ2v) is 5.78. The molecule has 0 spiro atoms. The largest absolute Gasteiger partial charge is 0.497 e. The molecule has 2 aromatic rings. The van der Waals surface area contributed by atoms with Crippen molar-refractivity contribution < 1.29 is 14.6 Å². The molecule has 0 saturated heterocycles. The van der Waals surface area contributed by atoms with Crippen LogP contribution in [0.2, 0.25) is 0 Å². The van der Waals surface area contributed by atoms with Crippen LogP contribution in [-0.2, 0) is 13.0 Å². The molecule has 1 heterocycles. The first-order valence-electron chi connectivity index (χ1n) is 7.01. The Morgan fingerprint density at radius 2 is 2.17 bits per heavy atom. The molecule has 1 atom stereocenters. The van der Waals surface area contributed by atoms with Crippen LogP contribution in [0.25, 0.3) is 0 Å². The van der Waals surface area contributed by atoms with Crippen LogP contribution in [0.15, 0.2) is 24.3 Å². The van der Waals surface area contributed by atoms with Crippen molar-refractivity contribution in [3.8, 4) is 5.75 Å². The number of nitrogens with zero attached hydrogens (tertiary/aromatic N) is 4. The number of amides is 1. The van der Waals surface area contributed by atoms with Gasteiger partial charge in [0, 0.05) is 12.2 Å². The van der Waals surface area contributed by atoms with Gasteiger partial charge in [-0.25, -0.2) is 4.79 Å². The lowest BCUT2D eigenvalue weighted by molar-refractivity contribution is 0.189. The molecule has 0 aliphatic rings. The van der Waals surface area contributed by atoms with Crippen molar-refractivity contribution in [3.05, 3.63) is 35.7 Å². The van der Waals surface area contributed by atoms with Crippen LogP contribution >= 0.6 is 11.8 Å². The van der Waals surface area contributed by atoms with Gasteiger partial charge >= 0.3 is 6.09 Å². The summed E-state index contributed by atoms with van der Waals surface area (Å²) in [6, 6.07) is 6.87. The highest BCUT2D eigenvalue weighted by Crippen LogP contribution is 2.18. The molecule has 0 bridgehead atoms. The number of benzene rings is 1. The molecule has 1 aromatic heterocycles. The molecule has 1 aromatic carbocycles. The Hall–Kier alpha value is -2.29. The molecule has 23 heavy (non-hydrogen) atoms. The van der Waals surface area contributed by atoms with Gasteiger partial charge in [0.15, 0.2) is 5.82 Å². The molecule has 0 radical (unpaired) electrons. The number of aryl methyl sites for hydroxylation is 1. The molecule has 2 N–H and O–H groups in total. The van der Waals surface area contributed by atoms with Gasteiger partial charge in [0.05, 0.1) is 13.7 Å². The quantitative estimate of drug-likeness (QED) is 0.754. The maximum atomic E-state index is 11.0. The normalized spacial score (nSPS) is 11.9. The third-order valence-electron chi connectivity index (χ3n) is 3.17. The van der Waals surface area contributed by atoms with Crippen LogP contribution in [0.4, 0.5) is 4.79 Å². The van der Waals surface area contributed by atoms with E-state index in [4.69, 9.17) is 9.84 Å². The number of methoxy groups -OCH3 is 1. The zero-order valence-electron chi connectivity index (χ0n) is 13.0. The van der Waals surface area contributed by atoms with Crippen molar-refractivity contribution >= 4 is 17.9 Å². The van der Waals surface area contributed by atoms with Gasteiger partial charge in [-0.1, -0.05) is 12.1 Å². The van der Waals surface area contributed by atoms with E-state index in [1.807, 2.05) is 30.5 Å². The predicted molar refractivity (Wildman–Crippen MR) is 86.8 cm³/mol. The van der Waals surface area contributed by atoms with E-state index in [1.165, 1.54) is 4.80 Å². The second kappa shape index (κ2) is 8.37. The Morgan fingerprint density at radius 1 is 1.43 bits per heavy atom. The van der Waals surface area contributed by atoms with Crippen LogP contribution < -0.4 is 10.1 Å². The maximum Gasteiger partial charge on any atom is 0.405 e. The summed E-state index contributed by atoms with van der Waals surface area (Å²) in [6.45, 7) is 0.635. The fourth-order valence-electron chi connectivity index (χ4n) is 2.02. The van der Waals surface area contributed by atoms with Crippen molar-refractivity contribution in [2.45, 2.75) is 19.0 Å². The minimum Gasteiger partial charge on any atom is -0.497 e. The van der Waals surface area contributed by atoms with Gasteiger partial charge in [-0.05, 0) is 29.2 Å². The van der Waals surface area contributed by atoms with E-state index in [0.717, 1.165) is 17.1 Å². The molecule has 124 valence electrons. The molecule has 0 saturated carbocycles. The van der Waals surface area contributed by atoms with Crippen molar-refractivity contribution in [1.29, 1.82) is 0 Å². The molecular formula is C14H19N5O3S. The average molecular weight is 337 g/mol. The van der Waals surface area contributed by atoms with Crippen LogP contribution in [0, 0.1) is 0 Å². The number of aromatic nitrogens is 4. The summed E-state index contributed by atoms with van der Waals surface area (Å²) in [5.41, 5.74) is 0.949. The van der Waals surface area contributed by atoms with E-state index in [0.29, 0.717) is 18.8 Å². The van der Waals surface area contributed by atoms with Gasteiger partial charge in [0.1, 0.15) is 11.8 Å². The number of carboxylic acid groups (broad SMARTS) is 1. The second-order valence-electron chi connectivity index (χ2n) is 4.79. The summed E-state index contributed by atoms with van der Waals surface area (Å²) in [5, 5.41) is 23.7. The lowest BCUT2D eigenvalue weighted by Crippen LogP contribution is -2.29. The van der Waals surface area contributed by atoms with Crippen molar-refractivity contribution in [3.63, 3.8) is 0 Å². The summed E-state index contributed by atoms with van der Waals surface area (Å²) in [4.78, 5) is 12.5. The van der Waals surface area contributed by atoms with Gasteiger partial charge in [-0.15, -0.1) is 10.2 Å². The van der Waals surface area contributed by atoms with E-state index in [1.54, 1.807) is 18.9 Å². The van der Waals surface area contributed by atoms with E-state index >= 15 is 0 Å². The lowest BCUT2D eigenvalue weighted by Gasteiger charge is -2.13. The number of hydrogen-bond donors (Lipinski definition) is 2. The number of hydrogen-bond acceptors (Lipinski definition) is 6. The minimum atomic E-state index is -1.12. The number of thioether (sulfide) groups is 1.